The highest BCUT2D eigenvalue weighted by Crippen LogP contribution is 2.53. The highest BCUT2D eigenvalue weighted by molar-refractivity contribution is 6.31. The van der Waals surface area contributed by atoms with Gasteiger partial charge in [-0.3, -0.25) is 19.3 Å². The predicted molar refractivity (Wildman–Crippen MR) is 179 cm³/mol. The van der Waals surface area contributed by atoms with Crippen molar-refractivity contribution >= 4 is 23.4 Å². The molecular formula is C37H41N3O13. The van der Waals surface area contributed by atoms with E-state index in [0.29, 0.717) is 0 Å². The summed E-state index contributed by atoms with van der Waals surface area (Å²) in [6.07, 6.45) is -5.92. The van der Waals surface area contributed by atoms with E-state index in [1.807, 2.05) is 4.90 Å². The van der Waals surface area contributed by atoms with Crippen molar-refractivity contribution in [2.75, 3.05) is 26.8 Å². The number of ketones is 3. The number of benzene rings is 2. The first-order valence-electron chi connectivity index (χ1n) is 17.4. The third-order valence-corrected chi connectivity index (χ3v) is 10.7. The second-order valence-electron chi connectivity index (χ2n) is 15.1. The van der Waals surface area contributed by atoms with Crippen molar-refractivity contribution in [3.8, 4) is 23.3 Å². The van der Waals surface area contributed by atoms with Crippen LogP contribution in [0.5, 0.6) is 17.2 Å². The summed E-state index contributed by atoms with van der Waals surface area (Å²) in [6.45, 7) is 6.12. The highest BCUT2D eigenvalue weighted by Gasteiger charge is 2.56. The monoisotopic (exact) mass is 735 g/mol. The molecule has 0 radical (unpaired) electrons. The number of hydrogen-bond acceptors (Lipinski definition) is 15. The van der Waals surface area contributed by atoms with Gasteiger partial charge in [-0.1, -0.05) is 12.1 Å². The van der Waals surface area contributed by atoms with Crippen LogP contribution in [-0.2, 0) is 30.2 Å². The van der Waals surface area contributed by atoms with Crippen molar-refractivity contribution in [2.24, 2.45) is 0 Å². The number of fused-ring (bicyclic) bond motifs is 6. The van der Waals surface area contributed by atoms with E-state index in [4.69, 9.17) is 23.7 Å². The average Bonchev–Trinajstić information content (AvgIpc) is 3.49. The van der Waals surface area contributed by atoms with Gasteiger partial charge in [0.05, 0.1) is 55.2 Å². The van der Waals surface area contributed by atoms with Crippen molar-refractivity contribution < 1.29 is 63.3 Å². The zero-order valence-electron chi connectivity index (χ0n) is 29.8. The van der Waals surface area contributed by atoms with Crippen molar-refractivity contribution in [3.63, 3.8) is 0 Å². The molecule has 3 fully saturated rings. The van der Waals surface area contributed by atoms with Crippen molar-refractivity contribution in [1.29, 1.82) is 5.26 Å². The number of methoxy groups -OCH3 is 1. The van der Waals surface area contributed by atoms with E-state index in [1.165, 1.54) is 30.2 Å². The van der Waals surface area contributed by atoms with Gasteiger partial charge in [0, 0.05) is 42.0 Å². The Bertz CT molecular complexity index is 1950. The summed E-state index contributed by atoms with van der Waals surface area (Å²) in [5, 5.41) is 55.1. The Hall–Kier alpha value is -4.63. The Balaban J connectivity index is 1.23. The highest BCUT2D eigenvalue weighted by atomic mass is 16.7. The number of phenols is 2. The minimum atomic E-state index is -2.30. The second kappa shape index (κ2) is 13.0. The molecule has 2 aromatic rings. The molecule has 2 aliphatic carbocycles. The van der Waals surface area contributed by atoms with Crippen LogP contribution in [-0.4, -0.2) is 128 Å². The number of carbonyl (C=O) groups excluding carboxylic acids is 4. The van der Waals surface area contributed by atoms with Gasteiger partial charge in [-0.2, -0.15) is 5.26 Å². The number of amides is 1. The lowest BCUT2D eigenvalue weighted by atomic mass is 9.72. The molecule has 0 saturated carbocycles. The minimum Gasteiger partial charge on any atom is -0.507 e. The fourth-order valence-corrected chi connectivity index (χ4v) is 8.36. The summed E-state index contributed by atoms with van der Waals surface area (Å²) in [5.41, 5.74) is -4.54. The van der Waals surface area contributed by atoms with Gasteiger partial charge in [-0.05, 0) is 33.8 Å². The van der Waals surface area contributed by atoms with Gasteiger partial charge in [0.1, 0.15) is 53.4 Å². The third-order valence-electron chi connectivity index (χ3n) is 10.7. The normalized spacial score (nSPS) is 30.7. The molecule has 4 unspecified atom stereocenters. The Morgan fingerprint density at radius 2 is 1.79 bits per heavy atom. The summed E-state index contributed by atoms with van der Waals surface area (Å²) in [5.74, 6) is -3.88. The van der Waals surface area contributed by atoms with E-state index < -0.39 is 120 Å². The number of piperazine rings is 1. The molecule has 4 N–H and O–H groups in total. The molecule has 2 aromatic carbocycles. The summed E-state index contributed by atoms with van der Waals surface area (Å²) in [6, 6.07) is 5.41. The Kier molecular flexibility index (Phi) is 9.04. The van der Waals surface area contributed by atoms with E-state index in [1.54, 1.807) is 27.7 Å². The maximum atomic E-state index is 14.0. The molecule has 282 valence electrons. The molecular weight excluding hydrogens is 694 g/mol. The minimum absolute atomic E-state index is 0.0560. The number of Topliss-reactive ketones (excluding diaryl/α,β-unsaturated/α-hetero) is 1. The number of nitriles is 1. The number of nitrogens with zero attached hydrogens (tertiary/aromatic N) is 3. The number of phenolic OH excluding ortho intramolecular Hbond substituents is 2. The van der Waals surface area contributed by atoms with E-state index in [0.717, 1.165) is 0 Å². The summed E-state index contributed by atoms with van der Waals surface area (Å²) >= 11 is 0. The first-order valence-corrected chi connectivity index (χ1v) is 17.4. The van der Waals surface area contributed by atoms with E-state index in [9.17, 15) is 44.9 Å². The van der Waals surface area contributed by atoms with Crippen LogP contribution < -0.4 is 4.74 Å². The molecule has 16 nitrogen and oxygen atoms in total. The van der Waals surface area contributed by atoms with Gasteiger partial charge in [0.25, 0.3) is 0 Å². The molecule has 16 heteroatoms. The zero-order valence-corrected chi connectivity index (χ0v) is 29.8. The lowest BCUT2D eigenvalue weighted by Crippen LogP contribution is -2.61. The average molecular weight is 736 g/mol. The molecule has 3 saturated heterocycles. The molecule has 0 aromatic heterocycles. The lowest BCUT2D eigenvalue weighted by molar-refractivity contribution is -0.247. The van der Waals surface area contributed by atoms with Crippen LogP contribution >= 0.6 is 0 Å². The largest absolute Gasteiger partial charge is 0.507 e. The van der Waals surface area contributed by atoms with E-state index >= 15 is 0 Å². The molecule has 5 aliphatic rings. The molecule has 7 rings (SSSR count). The van der Waals surface area contributed by atoms with E-state index in [-0.39, 0.29) is 47.5 Å². The number of rotatable bonds is 5. The molecule has 0 spiro atoms. The van der Waals surface area contributed by atoms with Crippen LogP contribution in [0.3, 0.4) is 0 Å². The Morgan fingerprint density at radius 3 is 2.45 bits per heavy atom. The van der Waals surface area contributed by atoms with Crippen molar-refractivity contribution in [3.05, 3.63) is 51.6 Å². The number of aromatic hydroxyl groups is 2. The number of aliphatic hydroxyl groups is 2. The predicted octanol–water partition coefficient (Wildman–Crippen LogP) is 1.85. The first kappa shape index (κ1) is 36.7. The number of aliphatic hydroxyl groups excluding tert-OH is 1. The SMILES string of the molecule is COc1cccc2c1C(=O)c1c(O)c3c(c(O)c1C2=O)C[C@@](O)(C(=O)CO)C[C@@H]3O[C@H]1CC2C(OC3CN(C(=O)OC(C)(C)C)CC(C#N)N32)[C@H](C)O1. The summed E-state index contributed by atoms with van der Waals surface area (Å²) < 4.78 is 29.9. The lowest BCUT2D eigenvalue weighted by Gasteiger charge is -2.45. The van der Waals surface area contributed by atoms with Crippen LogP contribution in [0.2, 0.25) is 0 Å². The van der Waals surface area contributed by atoms with Crippen LogP contribution in [0.25, 0.3) is 0 Å². The van der Waals surface area contributed by atoms with Crippen LogP contribution in [0.15, 0.2) is 18.2 Å². The number of hydrogen-bond donors (Lipinski definition) is 4. The first-order chi connectivity index (χ1) is 25.0. The van der Waals surface area contributed by atoms with Crippen LogP contribution in [0, 0.1) is 11.3 Å². The Morgan fingerprint density at radius 1 is 1.08 bits per heavy atom. The van der Waals surface area contributed by atoms with Gasteiger partial charge < -0.3 is 49.0 Å². The van der Waals surface area contributed by atoms with Crippen LogP contribution in [0.4, 0.5) is 4.79 Å². The standard InChI is InChI=1S/C37H41N3O13/c1-16-34-20(40-17(12-38)13-39(14-24(40)52-34)35(47)53-36(2,3)4)9-25(50-16)51-22-11-37(48,23(42)15-41)10-19-27(22)33(46)29-28(31(19)44)30(43)18-7-6-8-21(49-5)26(18)32(29)45/h6-8,16-17,20,22,24-25,34,41,44,46,48H,9-11,13-15H2,1-5H3/t16-,17?,20?,22-,24?,25-,34?,37-/m0/s1. The molecule has 1 amide bonds. The summed E-state index contributed by atoms with van der Waals surface area (Å²) in [4.78, 5) is 57.0. The topological polar surface area (TPSA) is 226 Å². The van der Waals surface area contributed by atoms with Crippen molar-refractivity contribution in [2.45, 2.75) is 101 Å². The maximum Gasteiger partial charge on any atom is 0.410 e. The fraction of sp³-hybridized carbons (Fsp3) is 0.541. The summed E-state index contributed by atoms with van der Waals surface area (Å²) in [7, 11) is 1.32. The number of carbonyl (C=O) groups is 4. The van der Waals surface area contributed by atoms with Gasteiger partial charge >= 0.3 is 6.09 Å². The number of ether oxygens (including phenoxy) is 5. The second-order valence-corrected chi connectivity index (χ2v) is 15.1. The molecule has 8 atom stereocenters. The van der Waals surface area contributed by atoms with E-state index in [2.05, 4.69) is 6.07 Å². The third kappa shape index (κ3) is 5.92. The van der Waals surface area contributed by atoms with Gasteiger partial charge in [0.2, 0.25) is 5.78 Å². The molecule has 3 heterocycles. The molecule has 3 aliphatic heterocycles. The smallest absolute Gasteiger partial charge is 0.410 e. The van der Waals surface area contributed by atoms with Gasteiger partial charge in [0.15, 0.2) is 17.9 Å². The quantitative estimate of drug-likeness (QED) is 0.274. The molecule has 53 heavy (non-hydrogen) atoms. The van der Waals surface area contributed by atoms with Gasteiger partial charge in [-0.15, -0.1) is 0 Å². The fourth-order valence-electron chi connectivity index (χ4n) is 8.36. The van der Waals surface area contributed by atoms with Gasteiger partial charge in [-0.25, -0.2) is 4.79 Å². The Labute approximate surface area is 304 Å². The zero-order chi connectivity index (χ0) is 38.3. The van der Waals surface area contributed by atoms with Crippen molar-refractivity contribution in [1.82, 2.24) is 9.80 Å². The van der Waals surface area contributed by atoms with Crippen LogP contribution in [0.1, 0.15) is 89.6 Å². The maximum absolute atomic E-state index is 14.0. The molecule has 0 bridgehead atoms.